The van der Waals surface area contributed by atoms with Crippen LogP contribution in [0.2, 0.25) is 0 Å². The Balaban J connectivity index is 1.45. The third-order valence-electron chi connectivity index (χ3n) is 5.27. The van der Waals surface area contributed by atoms with Crippen LogP contribution in [0.1, 0.15) is 12.0 Å². The minimum Gasteiger partial charge on any atom is -0.486 e. The third-order valence-corrected chi connectivity index (χ3v) is 5.27. The van der Waals surface area contributed by atoms with Gasteiger partial charge in [0.2, 0.25) is 5.91 Å². The number of rotatable bonds is 2. The van der Waals surface area contributed by atoms with Crippen molar-refractivity contribution in [1.82, 2.24) is 9.80 Å². The van der Waals surface area contributed by atoms with Gasteiger partial charge in [-0.1, -0.05) is 6.07 Å². The number of nitrogens with zero attached hydrogens (tertiary/aromatic N) is 2. The van der Waals surface area contributed by atoms with Gasteiger partial charge in [0, 0.05) is 32.1 Å². The zero-order valence-corrected chi connectivity index (χ0v) is 14.1. The molecule has 2 fully saturated rings. The lowest BCUT2D eigenvalue weighted by atomic mass is 9.91. The largest absolute Gasteiger partial charge is 0.486 e. The maximum Gasteiger partial charge on any atom is 0.248 e. The van der Waals surface area contributed by atoms with Gasteiger partial charge < -0.3 is 19.1 Å². The fourth-order valence-electron chi connectivity index (χ4n) is 3.85. The fourth-order valence-corrected chi connectivity index (χ4v) is 3.85. The molecule has 0 aromatic heterocycles. The van der Waals surface area contributed by atoms with Crippen LogP contribution in [0.25, 0.3) is 0 Å². The number of likely N-dealkylation sites (N-methyl/N-ethyl adjacent to an activating group) is 1. The molecule has 1 amide bonds. The number of hydrogen-bond donors (Lipinski definition) is 0. The van der Waals surface area contributed by atoms with Gasteiger partial charge in [-0.25, -0.2) is 0 Å². The van der Waals surface area contributed by atoms with E-state index in [1.807, 2.05) is 18.0 Å². The van der Waals surface area contributed by atoms with E-state index in [-0.39, 0.29) is 18.6 Å². The number of ether oxygens (including phenoxy) is 3. The number of carbonyl (C=O) groups excluding carboxylic acids is 1. The molecule has 3 aliphatic rings. The molecule has 2 atom stereocenters. The molecular formula is C18H24N2O4. The highest BCUT2D eigenvalue weighted by Crippen LogP contribution is 2.32. The number of carbonyl (C=O) groups is 1. The molecule has 3 heterocycles. The number of likely N-dealkylation sites (tertiary alicyclic amines) is 1. The van der Waals surface area contributed by atoms with Crippen molar-refractivity contribution < 1.29 is 19.0 Å². The van der Waals surface area contributed by atoms with E-state index in [2.05, 4.69) is 17.0 Å². The Labute approximate surface area is 142 Å². The zero-order chi connectivity index (χ0) is 16.5. The molecule has 0 unspecified atom stereocenters. The Kier molecular flexibility index (Phi) is 4.33. The summed E-state index contributed by atoms with van der Waals surface area (Å²) in [4.78, 5) is 16.3. The average molecular weight is 332 g/mol. The van der Waals surface area contributed by atoms with Crippen molar-refractivity contribution in [3.05, 3.63) is 23.8 Å². The molecular weight excluding hydrogens is 308 g/mol. The van der Waals surface area contributed by atoms with E-state index in [0.717, 1.165) is 37.6 Å². The van der Waals surface area contributed by atoms with Gasteiger partial charge in [0.1, 0.15) is 19.8 Å². The van der Waals surface area contributed by atoms with E-state index in [0.29, 0.717) is 25.7 Å². The normalized spacial score (nSPS) is 27.5. The molecule has 0 saturated carbocycles. The number of amides is 1. The van der Waals surface area contributed by atoms with Gasteiger partial charge in [-0.15, -0.1) is 0 Å². The SMILES string of the molecule is CN1C(=O)COC[C@@H]2CCN(Cc3ccc4c(c3)OCCO4)C[C@@H]21. The Hall–Kier alpha value is -1.79. The summed E-state index contributed by atoms with van der Waals surface area (Å²) >= 11 is 0. The molecule has 3 aliphatic heterocycles. The standard InChI is InChI=1S/C18H24N2O4/c1-19-15-10-20(5-4-14(15)11-22-12-18(19)21)9-13-2-3-16-17(8-13)24-7-6-23-16/h2-3,8,14-15H,4-7,9-12H2,1H3/t14-,15-/m0/s1. The molecule has 6 heteroatoms. The van der Waals surface area contributed by atoms with Crippen molar-refractivity contribution in [2.75, 3.05) is 46.6 Å². The van der Waals surface area contributed by atoms with E-state index in [1.54, 1.807) is 0 Å². The van der Waals surface area contributed by atoms with Gasteiger partial charge in [-0.05, 0) is 30.7 Å². The molecule has 0 N–H and O–H groups in total. The molecule has 2 saturated heterocycles. The second-order valence-electron chi connectivity index (χ2n) is 6.85. The summed E-state index contributed by atoms with van der Waals surface area (Å²) < 4.78 is 16.8. The number of hydrogen-bond acceptors (Lipinski definition) is 5. The van der Waals surface area contributed by atoms with Crippen LogP contribution in [0.5, 0.6) is 11.5 Å². The molecule has 4 rings (SSSR count). The zero-order valence-electron chi connectivity index (χ0n) is 14.1. The predicted octanol–water partition coefficient (Wildman–Crippen LogP) is 1.14. The Morgan fingerprint density at radius 2 is 2.04 bits per heavy atom. The van der Waals surface area contributed by atoms with Crippen molar-refractivity contribution in [1.29, 1.82) is 0 Å². The molecule has 24 heavy (non-hydrogen) atoms. The first kappa shape index (κ1) is 15.7. The summed E-state index contributed by atoms with van der Waals surface area (Å²) in [6, 6.07) is 6.41. The Bertz CT molecular complexity index is 621. The van der Waals surface area contributed by atoms with Crippen molar-refractivity contribution in [3.63, 3.8) is 0 Å². The monoisotopic (exact) mass is 332 g/mol. The predicted molar refractivity (Wildman–Crippen MR) is 88.2 cm³/mol. The lowest BCUT2D eigenvalue weighted by Crippen LogP contribution is -2.52. The van der Waals surface area contributed by atoms with Crippen LogP contribution in [0.3, 0.4) is 0 Å². The number of piperidine rings is 1. The van der Waals surface area contributed by atoms with Crippen molar-refractivity contribution in [2.45, 2.75) is 19.0 Å². The summed E-state index contributed by atoms with van der Waals surface area (Å²) in [5, 5.41) is 0. The first-order chi connectivity index (χ1) is 11.7. The maximum atomic E-state index is 12.0. The first-order valence-corrected chi connectivity index (χ1v) is 8.65. The van der Waals surface area contributed by atoms with E-state index >= 15 is 0 Å². The van der Waals surface area contributed by atoms with Gasteiger partial charge in [-0.2, -0.15) is 0 Å². The maximum absolute atomic E-state index is 12.0. The van der Waals surface area contributed by atoms with Gasteiger partial charge in [0.15, 0.2) is 11.5 Å². The van der Waals surface area contributed by atoms with Crippen molar-refractivity contribution in [2.24, 2.45) is 5.92 Å². The quantitative estimate of drug-likeness (QED) is 0.813. The summed E-state index contributed by atoms with van der Waals surface area (Å²) in [7, 11) is 1.91. The molecule has 130 valence electrons. The Morgan fingerprint density at radius 3 is 2.92 bits per heavy atom. The highest BCUT2D eigenvalue weighted by Gasteiger charge is 2.36. The van der Waals surface area contributed by atoms with E-state index in [9.17, 15) is 4.79 Å². The van der Waals surface area contributed by atoms with Crippen LogP contribution in [-0.4, -0.2) is 68.3 Å². The third kappa shape index (κ3) is 3.08. The number of fused-ring (bicyclic) bond motifs is 2. The summed E-state index contributed by atoms with van der Waals surface area (Å²) in [5.74, 6) is 2.19. The van der Waals surface area contributed by atoms with Crippen LogP contribution in [0.15, 0.2) is 18.2 Å². The van der Waals surface area contributed by atoms with Gasteiger partial charge in [0.25, 0.3) is 0 Å². The molecule has 1 aromatic rings. The second kappa shape index (κ2) is 6.61. The topological polar surface area (TPSA) is 51.2 Å². The lowest BCUT2D eigenvalue weighted by Gasteiger charge is -2.41. The molecule has 0 spiro atoms. The van der Waals surface area contributed by atoms with Crippen LogP contribution >= 0.6 is 0 Å². The van der Waals surface area contributed by atoms with Crippen LogP contribution in [0.4, 0.5) is 0 Å². The molecule has 0 bridgehead atoms. The molecule has 0 radical (unpaired) electrons. The average Bonchev–Trinajstić information content (AvgIpc) is 2.74. The molecule has 6 nitrogen and oxygen atoms in total. The summed E-state index contributed by atoms with van der Waals surface area (Å²) in [5.41, 5.74) is 1.22. The van der Waals surface area contributed by atoms with E-state index in [1.165, 1.54) is 5.56 Å². The summed E-state index contributed by atoms with van der Waals surface area (Å²) in [6.07, 6.45) is 1.06. The van der Waals surface area contributed by atoms with Crippen LogP contribution in [0, 0.1) is 5.92 Å². The molecule has 1 aromatic carbocycles. The first-order valence-electron chi connectivity index (χ1n) is 8.65. The summed E-state index contributed by atoms with van der Waals surface area (Å²) in [6.45, 7) is 4.92. The van der Waals surface area contributed by atoms with E-state index in [4.69, 9.17) is 14.2 Å². The van der Waals surface area contributed by atoms with Crippen molar-refractivity contribution >= 4 is 5.91 Å². The highest BCUT2D eigenvalue weighted by atomic mass is 16.6. The van der Waals surface area contributed by atoms with E-state index < -0.39 is 0 Å². The second-order valence-corrected chi connectivity index (χ2v) is 6.85. The van der Waals surface area contributed by atoms with Gasteiger partial charge in [-0.3, -0.25) is 9.69 Å². The minimum absolute atomic E-state index is 0.0867. The van der Waals surface area contributed by atoms with Crippen molar-refractivity contribution in [3.8, 4) is 11.5 Å². The Morgan fingerprint density at radius 1 is 1.21 bits per heavy atom. The van der Waals surface area contributed by atoms with Gasteiger partial charge >= 0.3 is 0 Å². The molecule has 0 aliphatic carbocycles. The van der Waals surface area contributed by atoms with Crippen LogP contribution in [-0.2, 0) is 16.1 Å². The van der Waals surface area contributed by atoms with Crippen LogP contribution < -0.4 is 9.47 Å². The minimum atomic E-state index is 0.0867. The highest BCUT2D eigenvalue weighted by molar-refractivity contribution is 5.77. The lowest BCUT2D eigenvalue weighted by molar-refractivity contribution is -0.134. The van der Waals surface area contributed by atoms with Gasteiger partial charge in [0.05, 0.1) is 6.61 Å². The fraction of sp³-hybridized carbons (Fsp3) is 0.611. The smallest absolute Gasteiger partial charge is 0.248 e. The number of benzene rings is 1.